The van der Waals surface area contributed by atoms with Crippen LogP contribution in [0.4, 0.5) is 15.9 Å². The normalized spacial score (nSPS) is 10.2. The smallest absolute Gasteiger partial charge is 0.133 e. The lowest BCUT2D eigenvalue weighted by Crippen LogP contribution is -1.98. The highest BCUT2D eigenvalue weighted by Crippen LogP contribution is 2.29. The van der Waals surface area contributed by atoms with Crippen molar-refractivity contribution in [3.63, 3.8) is 0 Å². The summed E-state index contributed by atoms with van der Waals surface area (Å²) in [7, 11) is 0. The van der Waals surface area contributed by atoms with Crippen LogP contribution in [0.5, 0.6) is 0 Å². The van der Waals surface area contributed by atoms with E-state index in [1.54, 1.807) is 18.2 Å². The van der Waals surface area contributed by atoms with E-state index >= 15 is 0 Å². The molecule has 4 N–H and O–H groups in total. The third kappa shape index (κ3) is 1.74. The molecule has 0 aliphatic heterocycles. The van der Waals surface area contributed by atoms with Crippen LogP contribution in [0, 0.1) is 5.82 Å². The zero-order valence-electron chi connectivity index (χ0n) is 7.94. The van der Waals surface area contributed by atoms with Gasteiger partial charge in [-0.05, 0) is 23.8 Å². The van der Waals surface area contributed by atoms with Gasteiger partial charge in [0, 0.05) is 17.4 Å². The van der Waals surface area contributed by atoms with Crippen molar-refractivity contribution in [1.29, 1.82) is 0 Å². The van der Waals surface area contributed by atoms with Gasteiger partial charge in [-0.1, -0.05) is 12.1 Å². The molecule has 76 valence electrons. The summed E-state index contributed by atoms with van der Waals surface area (Å²) < 4.78 is 12.7. The molecule has 4 heteroatoms. The van der Waals surface area contributed by atoms with Gasteiger partial charge in [-0.15, -0.1) is 0 Å². The SMILES string of the molecule is Nc1ccnc(N)c1-c1ccc(F)cc1. The van der Waals surface area contributed by atoms with Crippen molar-refractivity contribution in [2.45, 2.75) is 0 Å². The largest absolute Gasteiger partial charge is 0.398 e. The predicted octanol–water partition coefficient (Wildman–Crippen LogP) is 2.05. The Kier molecular flexibility index (Phi) is 2.25. The number of nitrogens with two attached hydrogens (primary N) is 2. The number of hydrogen-bond acceptors (Lipinski definition) is 3. The first-order valence-corrected chi connectivity index (χ1v) is 4.44. The van der Waals surface area contributed by atoms with E-state index in [0.717, 1.165) is 5.56 Å². The summed E-state index contributed by atoms with van der Waals surface area (Å²) >= 11 is 0. The Balaban J connectivity index is 2.58. The minimum atomic E-state index is -0.292. The van der Waals surface area contributed by atoms with Gasteiger partial charge in [-0.3, -0.25) is 0 Å². The number of pyridine rings is 1. The first kappa shape index (κ1) is 9.45. The summed E-state index contributed by atoms with van der Waals surface area (Å²) in [5, 5.41) is 0. The first-order valence-electron chi connectivity index (χ1n) is 4.44. The molecule has 0 spiro atoms. The summed E-state index contributed by atoms with van der Waals surface area (Å²) in [6.45, 7) is 0. The Morgan fingerprint density at radius 1 is 1.00 bits per heavy atom. The Morgan fingerprint density at radius 2 is 1.67 bits per heavy atom. The van der Waals surface area contributed by atoms with Crippen LogP contribution in [-0.4, -0.2) is 4.98 Å². The van der Waals surface area contributed by atoms with Crippen LogP contribution in [0.3, 0.4) is 0 Å². The molecule has 1 aromatic heterocycles. The van der Waals surface area contributed by atoms with Crippen molar-refractivity contribution >= 4 is 11.5 Å². The average Bonchev–Trinajstić information content (AvgIpc) is 2.20. The minimum Gasteiger partial charge on any atom is -0.398 e. The molecule has 3 nitrogen and oxygen atoms in total. The Hall–Kier alpha value is -2.10. The lowest BCUT2D eigenvalue weighted by molar-refractivity contribution is 0.628. The Labute approximate surface area is 86.6 Å². The summed E-state index contributed by atoms with van der Waals surface area (Å²) in [5.74, 6) is 0.0568. The van der Waals surface area contributed by atoms with Crippen molar-refractivity contribution in [3.05, 3.63) is 42.3 Å². The molecule has 0 fully saturated rings. The maximum atomic E-state index is 12.7. The van der Waals surface area contributed by atoms with E-state index in [-0.39, 0.29) is 5.82 Å². The Morgan fingerprint density at radius 3 is 2.27 bits per heavy atom. The molecule has 0 saturated carbocycles. The number of hydrogen-bond donors (Lipinski definition) is 2. The molecule has 0 aliphatic rings. The maximum absolute atomic E-state index is 12.7. The highest BCUT2D eigenvalue weighted by atomic mass is 19.1. The molecule has 2 aromatic rings. The standard InChI is InChI=1S/C11H10FN3/c12-8-3-1-7(2-4-8)10-9(13)5-6-15-11(10)14/h1-6H,(H4,13,14,15). The van der Waals surface area contributed by atoms with Crippen molar-refractivity contribution in [2.75, 3.05) is 11.5 Å². The molecule has 0 saturated heterocycles. The number of halogens is 1. The molecule has 0 aliphatic carbocycles. The van der Waals surface area contributed by atoms with E-state index < -0.39 is 0 Å². The summed E-state index contributed by atoms with van der Waals surface area (Å²) in [4.78, 5) is 3.94. The number of nitrogen functional groups attached to an aromatic ring is 2. The van der Waals surface area contributed by atoms with Gasteiger partial charge in [0.1, 0.15) is 11.6 Å². The molecular formula is C11H10FN3. The highest BCUT2D eigenvalue weighted by molar-refractivity contribution is 5.84. The number of benzene rings is 1. The minimum absolute atomic E-state index is 0.292. The second-order valence-electron chi connectivity index (χ2n) is 3.17. The van der Waals surface area contributed by atoms with Crippen LogP contribution in [0.1, 0.15) is 0 Å². The van der Waals surface area contributed by atoms with Crippen LogP contribution in [0.15, 0.2) is 36.5 Å². The Bertz CT molecular complexity index is 459. The molecule has 0 amide bonds. The summed E-state index contributed by atoms with van der Waals surface area (Å²) in [6, 6.07) is 7.63. The zero-order valence-corrected chi connectivity index (χ0v) is 7.94. The van der Waals surface area contributed by atoms with Gasteiger partial charge >= 0.3 is 0 Å². The van der Waals surface area contributed by atoms with Crippen LogP contribution in [-0.2, 0) is 0 Å². The van der Waals surface area contributed by atoms with E-state index in [0.29, 0.717) is 17.1 Å². The molecule has 1 aromatic carbocycles. The van der Waals surface area contributed by atoms with Crippen molar-refractivity contribution in [2.24, 2.45) is 0 Å². The van der Waals surface area contributed by atoms with E-state index in [4.69, 9.17) is 11.5 Å². The van der Waals surface area contributed by atoms with Gasteiger partial charge in [-0.2, -0.15) is 0 Å². The van der Waals surface area contributed by atoms with Crippen molar-refractivity contribution in [3.8, 4) is 11.1 Å². The third-order valence-electron chi connectivity index (χ3n) is 2.15. The fourth-order valence-corrected chi connectivity index (χ4v) is 1.42. The number of anilines is 2. The molecule has 0 bridgehead atoms. The van der Waals surface area contributed by atoms with Gasteiger partial charge in [0.15, 0.2) is 0 Å². The lowest BCUT2D eigenvalue weighted by Gasteiger charge is -2.07. The number of aromatic nitrogens is 1. The summed E-state index contributed by atoms with van der Waals surface area (Å²) in [5.41, 5.74) is 13.4. The highest BCUT2D eigenvalue weighted by Gasteiger charge is 2.07. The summed E-state index contributed by atoms with van der Waals surface area (Å²) in [6.07, 6.45) is 1.54. The quantitative estimate of drug-likeness (QED) is 0.745. The maximum Gasteiger partial charge on any atom is 0.133 e. The fourth-order valence-electron chi connectivity index (χ4n) is 1.42. The van der Waals surface area contributed by atoms with E-state index in [9.17, 15) is 4.39 Å². The van der Waals surface area contributed by atoms with E-state index in [2.05, 4.69) is 4.98 Å². The second-order valence-corrected chi connectivity index (χ2v) is 3.17. The van der Waals surface area contributed by atoms with Gasteiger partial charge in [0.05, 0.1) is 0 Å². The number of nitrogens with zero attached hydrogens (tertiary/aromatic N) is 1. The molecule has 1 heterocycles. The molecule has 0 atom stereocenters. The molecule has 2 rings (SSSR count). The monoisotopic (exact) mass is 203 g/mol. The van der Waals surface area contributed by atoms with Gasteiger partial charge < -0.3 is 11.5 Å². The predicted molar refractivity (Wildman–Crippen MR) is 58.5 cm³/mol. The van der Waals surface area contributed by atoms with Crippen LogP contribution in [0.2, 0.25) is 0 Å². The molecular weight excluding hydrogens is 193 g/mol. The van der Waals surface area contributed by atoms with Gasteiger partial charge in [-0.25, -0.2) is 9.37 Å². The van der Waals surface area contributed by atoms with Crippen molar-refractivity contribution < 1.29 is 4.39 Å². The first-order chi connectivity index (χ1) is 7.18. The van der Waals surface area contributed by atoms with Crippen LogP contribution >= 0.6 is 0 Å². The van der Waals surface area contributed by atoms with Crippen LogP contribution in [0.25, 0.3) is 11.1 Å². The third-order valence-corrected chi connectivity index (χ3v) is 2.15. The molecule has 15 heavy (non-hydrogen) atoms. The fraction of sp³-hybridized carbons (Fsp3) is 0. The average molecular weight is 203 g/mol. The van der Waals surface area contributed by atoms with Crippen molar-refractivity contribution in [1.82, 2.24) is 4.98 Å². The molecule has 0 unspecified atom stereocenters. The molecule has 0 radical (unpaired) electrons. The van der Waals surface area contributed by atoms with E-state index in [1.165, 1.54) is 18.3 Å². The van der Waals surface area contributed by atoms with Gasteiger partial charge in [0.25, 0.3) is 0 Å². The number of rotatable bonds is 1. The topological polar surface area (TPSA) is 64.9 Å². The van der Waals surface area contributed by atoms with E-state index in [1.807, 2.05) is 0 Å². The second kappa shape index (κ2) is 3.57. The lowest BCUT2D eigenvalue weighted by atomic mass is 10.1. The van der Waals surface area contributed by atoms with Gasteiger partial charge in [0.2, 0.25) is 0 Å². The van der Waals surface area contributed by atoms with Crippen LogP contribution < -0.4 is 11.5 Å². The zero-order chi connectivity index (χ0) is 10.8.